The molecule has 1 aromatic heterocycles. The quantitative estimate of drug-likeness (QED) is 0.524. The number of hydrogen-bond donors (Lipinski definition) is 2. The van der Waals surface area contributed by atoms with Crippen molar-refractivity contribution in [1.82, 2.24) is 16.0 Å². The van der Waals surface area contributed by atoms with Gasteiger partial charge in [-0.3, -0.25) is 30.6 Å². The molecule has 2 aromatic carbocycles. The third-order valence-corrected chi connectivity index (χ3v) is 3.82. The van der Waals surface area contributed by atoms with Crippen LogP contribution in [0, 0.1) is 10.1 Å². The third-order valence-electron chi connectivity index (χ3n) is 3.49. The molecule has 2 amide bonds. The van der Waals surface area contributed by atoms with Crippen molar-refractivity contribution in [2.24, 2.45) is 0 Å². The van der Waals surface area contributed by atoms with E-state index in [2.05, 4.69) is 16.0 Å². The summed E-state index contributed by atoms with van der Waals surface area (Å²) in [6, 6.07) is 13.3. The molecule has 0 saturated heterocycles. The second-order valence-corrected chi connectivity index (χ2v) is 5.68. The molecule has 136 valence electrons. The molecule has 2 N–H and O–H groups in total. The summed E-state index contributed by atoms with van der Waals surface area (Å²) in [5.41, 5.74) is 4.57. The summed E-state index contributed by atoms with van der Waals surface area (Å²) in [6.07, 6.45) is 0. The maximum atomic E-state index is 12.1. The minimum atomic E-state index is -0.726. The number of amides is 2. The van der Waals surface area contributed by atoms with E-state index in [0.717, 1.165) is 6.07 Å². The van der Waals surface area contributed by atoms with Gasteiger partial charge < -0.3 is 4.52 Å². The van der Waals surface area contributed by atoms with Crippen molar-refractivity contribution >= 4 is 29.1 Å². The summed E-state index contributed by atoms with van der Waals surface area (Å²) in [7, 11) is 0. The third kappa shape index (κ3) is 4.10. The number of non-ortho nitro benzene ring substituents is 1. The lowest BCUT2D eigenvalue weighted by Crippen LogP contribution is -2.41. The summed E-state index contributed by atoms with van der Waals surface area (Å²) in [5, 5.41) is 14.8. The monoisotopic (exact) mass is 386 g/mol. The SMILES string of the molecule is O=C(NNC(=O)c1cc(-c2ccccc2Cl)on1)c1cccc([N+](=O)[O-])c1. The molecule has 0 atom stereocenters. The van der Waals surface area contributed by atoms with Crippen LogP contribution in [0.15, 0.2) is 59.1 Å². The molecular weight excluding hydrogens is 376 g/mol. The predicted octanol–water partition coefficient (Wildman–Crippen LogP) is 2.98. The van der Waals surface area contributed by atoms with E-state index in [-0.39, 0.29) is 22.7 Å². The number of carbonyl (C=O) groups is 2. The maximum Gasteiger partial charge on any atom is 0.291 e. The second kappa shape index (κ2) is 7.67. The molecule has 0 aliphatic carbocycles. The second-order valence-electron chi connectivity index (χ2n) is 5.27. The van der Waals surface area contributed by atoms with Gasteiger partial charge in [0, 0.05) is 29.3 Å². The normalized spacial score (nSPS) is 10.3. The highest BCUT2D eigenvalue weighted by Gasteiger charge is 2.17. The molecule has 10 heteroatoms. The number of hydrazine groups is 1. The van der Waals surface area contributed by atoms with Crippen LogP contribution in [0.4, 0.5) is 5.69 Å². The van der Waals surface area contributed by atoms with E-state index in [4.69, 9.17) is 16.1 Å². The van der Waals surface area contributed by atoms with Crippen molar-refractivity contribution < 1.29 is 19.0 Å². The Morgan fingerprint density at radius 3 is 2.52 bits per heavy atom. The summed E-state index contributed by atoms with van der Waals surface area (Å²) in [5.74, 6) is -1.16. The molecule has 0 unspecified atom stereocenters. The van der Waals surface area contributed by atoms with Crippen molar-refractivity contribution in [3.8, 4) is 11.3 Å². The Kier molecular flexibility index (Phi) is 5.13. The molecule has 1 heterocycles. The van der Waals surface area contributed by atoms with Crippen molar-refractivity contribution in [3.63, 3.8) is 0 Å². The average Bonchev–Trinajstić information content (AvgIpc) is 3.16. The topological polar surface area (TPSA) is 127 Å². The fraction of sp³-hybridized carbons (Fsp3) is 0. The van der Waals surface area contributed by atoms with E-state index in [0.29, 0.717) is 10.6 Å². The largest absolute Gasteiger partial charge is 0.355 e. The number of nitro benzene ring substituents is 1. The number of aromatic nitrogens is 1. The minimum absolute atomic E-state index is 0.0152. The zero-order valence-electron chi connectivity index (χ0n) is 13.5. The van der Waals surface area contributed by atoms with Crippen LogP contribution in [0.25, 0.3) is 11.3 Å². The lowest BCUT2D eigenvalue weighted by Gasteiger charge is -2.05. The first kappa shape index (κ1) is 18.1. The standard InChI is InChI=1S/C17H11ClN4O5/c18-13-7-2-1-6-12(13)15-9-14(21-27-15)17(24)20-19-16(23)10-4-3-5-11(8-10)22(25)26/h1-9H,(H,19,23)(H,20,24). The van der Waals surface area contributed by atoms with Gasteiger partial charge in [-0.25, -0.2) is 0 Å². The van der Waals surface area contributed by atoms with Crippen molar-refractivity contribution in [1.29, 1.82) is 0 Å². The lowest BCUT2D eigenvalue weighted by atomic mass is 10.1. The van der Waals surface area contributed by atoms with Gasteiger partial charge in [-0.1, -0.05) is 35.0 Å². The molecule has 27 heavy (non-hydrogen) atoms. The number of nitrogens with zero attached hydrogens (tertiary/aromatic N) is 2. The van der Waals surface area contributed by atoms with Gasteiger partial charge in [0.1, 0.15) is 0 Å². The van der Waals surface area contributed by atoms with E-state index >= 15 is 0 Å². The van der Waals surface area contributed by atoms with E-state index in [1.54, 1.807) is 24.3 Å². The number of rotatable bonds is 4. The summed E-state index contributed by atoms with van der Waals surface area (Å²) in [6.45, 7) is 0. The van der Waals surface area contributed by atoms with Crippen LogP contribution < -0.4 is 10.9 Å². The number of halogens is 1. The van der Waals surface area contributed by atoms with Crippen LogP contribution in [-0.2, 0) is 0 Å². The number of benzene rings is 2. The van der Waals surface area contributed by atoms with Crippen LogP contribution >= 0.6 is 11.6 Å². The first-order chi connectivity index (χ1) is 13.0. The van der Waals surface area contributed by atoms with Crippen LogP contribution in [-0.4, -0.2) is 21.9 Å². The van der Waals surface area contributed by atoms with Crippen LogP contribution in [0.1, 0.15) is 20.8 Å². The molecule has 3 rings (SSSR count). The number of hydrogen-bond acceptors (Lipinski definition) is 6. The van der Waals surface area contributed by atoms with Gasteiger partial charge in [0.05, 0.1) is 9.95 Å². The molecule has 0 fully saturated rings. The van der Waals surface area contributed by atoms with E-state index in [1.165, 1.54) is 24.3 Å². The molecule has 0 saturated carbocycles. The van der Waals surface area contributed by atoms with Gasteiger partial charge in [0.25, 0.3) is 17.5 Å². The average molecular weight is 387 g/mol. The first-order valence-electron chi connectivity index (χ1n) is 7.52. The molecular formula is C17H11ClN4O5. The molecule has 0 bridgehead atoms. The fourth-order valence-corrected chi connectivity index (χ4v) is 2.41. The van der Waals surface area contributed by atoms with Gasteiger partial charge in [-0.15, -0.1) is 0 Å². The highest BCUT2D eigenvalue weighted by molar-refractivity contribution is 6.33. The van der Waals surface area contributed by atoms with Gasteiger partial charge in [0.15, 0.2) is 11.5 Å². The molecule has 0 spiro atoms. The van der Waals surface area contributed by atoms with Crippen molar-refractivity contribution in [2.45, 2.75) is 0 Å². The van der Waals surface area contributed by atoms with Crippen molar-refractivity contribution in [3.05, 3.63) is 81.0 Å². The summed E-state index contributed by atoms with van der Waals surface area (Å²) in [4.78, 5) is 34.2. The zero-order valence-corrected chi connectivity index (χ0v) is 14.3. The smallest absolute Gasteiger partial charge is 0.291 e. The zero-order chi connectivity index (χ0) is 19.4. The highest BCUT2D eigenvalue weighted by atomic mass is 35.5. The van der Waals surface area contributed by atoms with Crippen LogP contribution in [0.2, 0.25) is 5.02 Å². The Morgan fingerprint density at radius 2 is 1.78 bits per heavy atom. The van der Waals surface area contributed by atoms with Gasteiger partial charge in [0.2, 0.25) is 0 Å². The van der Waals surface area contributed by atoms with Crippen molar-refractivity contribution in [2.75, 3.05) is 0 Å². The van der Waals surface area contributed by atoms with E-state index < -0.39 is 16.7 Å². The van der Waals surface area contributed by atoms with Crippen LogP contribution in [0.5, 0.6) is 0 Å². The van der Waals surface area contributed by atoms with Crippen LogP contribution in [0.3, 0.4) is 0 Å². The van der Waals surface area contributed by atoms with Gasteiger partial charge >= 0.3 is 0 Å². The van der Waals surface area contributed by atoms with E-state index in [1.807, 2.05) is 0 Å². The molecule has 0 aliphatic rings. The Labute approximate surface area is 157 Å². The fourth-order valence-electron chi connectivity index (χ4n) is 2.18. The Bertz CT molecular complexity index is 1030. The minimum Gasteiger partial charge on any atom is -0.355 e. The molecule has 0 radical (unpaired) electrons. The van der Waals surface area contributed by atoms with E-state index in [9.17, 15) is 19.7 Å². The maximum absolute atomic E-state index is 12.1. The number of nitro groups is 1. The molecule has 9 nitrogen and oxygen atoms in total. The molecule has 3 aromatic rings. The summed E-state index contributed by atoms with van der Waals surface area (Å²) < 4.78 is 5.10. The van der Waals surface area contributed by atoms with Gasteiger partial charge in [-0.2, -0.15) is 0 Å². The number of nitrogens with one attached hydrogen (secondary N) is 2. The first-order valence-corrected chi connectivity index (χ1v) is 7.90. The predicted molar refractivity (Wildman–Crippen MR) is 95.0 cm³/mol. The Hall–Kier alpha value is -3.72. The number of carbonyl (C=O) groups excluding carboxylic acids is 2. The van der Waals surface area contributed by atoms with Gasteiger partial charge in [-0.05, 0) is 18.2 Å². The lowest BCUT2D eigenvalue weighted by molar-refractivity contribution is -0.384. The summed E-state index contributed by atoms with van der Waals surface area (Å²) >= 11 is 6.06. The Morgan fingerprint density at radius 1 is 1.04 bits per heavy atom. The molecule has 0 aliphatic heterocycles. The highest BCUT2D eigenvalue weighted by Crippen LogP contribution is 2.27. The Balaban J connectivity index is 1.66.